The molecule has 0 bridgehead atoms. The molecule has 3 aromatic rings. The van der Waals surface area contributed by atoms with E-state index in [1.165, 1.54) is 21.3 Å². The number of carbonyl (C=O) groups excluding carboxylic acids is 1. The van der Waals surface area contributed by atoms with E-state index in [9.17, 15) is 19.7 Å². The summed E-state index contributed by atoms with van der Waals surface area (Å²) in [5.41, 5.74) is 1.73. The van der Waals surface area contributed by atoms with E-state index >= 15 is 0 Å². The van der Waals surface area contributed by atoms with Gasteiger partial charge in [0.25, 0.3) is 5.69 Å². The number of carbonyl (C=O) groups is 1. The summed E-state index contributed by atoms with van der Waals surface area (Å²) >= 11 is 0. The van der Waals surface area contributed by atoms with Crippen molar-refractivity contribution in [2.24, 2.45) is 7.05 Å². The van der Waals surface area contributed by atoms with Gasteiger partial charge in [-0.15, -0.1) is 0 Å². The summed E-state index contributed by atoms with van der Waals surface area (Å²) in [6.07, 6.45) is 0. The Morgan fingerprint density at radius 2 is 1.84 bits per heavy atom. The van der Waals surface area contributed by atoms with E-state index in [2.05, 4.69) is 5.32 Å². The molecule has 1 amide bonds. The first kappa shape index (κ1) is 16.4. The first-order valence-electron chi connectivity index (χ1n) is 7.58. The lowest BCUT2D eigenvalue weighted by Crippen LogP contribution is -2.28. The molecule has 0 aliphatic heterocycles. The van der Waals surface area contributed by atoms with Gasteiger partial charge in [0.1, 0.15) is 6.54 Å². The quantitative estimate of drug-likeness (QED) is 0.581. The van der Waals surface area contributed by atoms with E-state index in [4.69, 9.17) is 0 Å². The molecule has 0 aliphatic rings. The van der Waals surface area contributed by atoms with Gasteiger partial charge in [0.2, 0.25) is 5.91 Å². The van der Waals surface area contributed by atoms with E-state index in [0.717, 1.165) is 5.52 Å². The van der Waals surface area contributed by atoms with Crippen molar-refractivity contribution in [1.29, 1.82) is 0 Å². The number of aromatic nitrogens is 2. The number of nitro benzene ring substituents is 1. The summed E-state index contributed by atoms with van der Waals surface area (Å²) in [4.78, 5) is 35.2. The van der Waals surface area contributed by atoms with Gasteiger partial charge in [-0.1, -0.05) is 18.2 Å². The molecule has 0 spiro atoms. The highest BCUT2D eigenvalue weighted by molar-refractivity contribution is 5.92. The second-order valence-electron chi connectivity index (χ2n) is 5.67. The predicted molar refractivity (Wildman–Crippen MR) is 93.6 cm³/mol. The summed E-state index contributed by atoms with van der Waals surface area (Å²) in [7, 11) is 1.64. The van der Waals surface area contributed by atoms with Crippen molar-refractivity contribution in [3.8, 4) is 0 Å². The number of aryl methyl sites for hydroxylation is 1. The van der Waals surface area contributed by atoms with E-state index in [0.29, 0.717) is 16.8 Å². The first-order valence-corrected chi connectivity index (χ1v) is 7.58. The smallest absolute Gasteiger partial charge is 0.324 e. The molecule has 8 nitrogen and oxygen atoms in total. The molecule has 8 heteroatoms. The number of nitro groups is 1. The van der Waals surface area contributed by atoms with Gasteiger partial charge in [-0.05, 0) is 25.1 Å². The minimum atomic E-state index is -0.500. The summed E-state index contributed by atoms with van der Waals surface area (Å²) in [5.74, 6) is -0.429. The maximum Gasteiger partial charge on any atom is 0.329 e. The minimum absolute atomic E-state index is 0.0693. The van der Waals surface area contributed by atoms with Crippen molar-refractivity contribution in [2.45, 2.75) is 13.5 Å². The van der Waals surface area contributed by atoms with E-state index in [1.807, 2.05) is 6.07 Å². The van der Waals surface area contributed by atoms with Crippen LogP contribution in [0.5, 0.6) is 0 Å². The maximum atomic E-state index is 12.4. The molecule has 1 N–H and O–H groups in total. The van der Waals surface area contributed by atoms with Crippen molar-refractivity contribution in [2.75, 3.05) is 5.32 Å². The molecule has 0 unspecified atom stereocenters. The Bertz CT molecular complexity index is 1050. The summed E-state index contributed by atoms with van der Waals surface area (Å²) in [6, 6.07) is 11.6. The summed E-state index contributed by atoms with van der Waals surface area (Å²) in [5, 5.41) is 13.6. The minimum Gasteiger partial charge on any atom is -0.324 e. The Hall–Kier alpha value is -3.42. The van der Waals surface area contributed by atoms with Crippen LogP contribution in [0.3, 0.4) is 0 Å². The van der Waals surface area contributed by atoms with Gasteiger partial charge in [-0.3, -0.25) is 24.0 Å². The molecule has 2 aromatic carbocycles. The normalized spacial score (nSPS) is 10.8. The fraction of sp³-hybridized carbons (Fsp3) is 0.176. The first-order chi connectivity index (χ1) is 11.9. The highest BCUT2D eigenvalue weighted by Gasteiger charge is 2.17. The lowest BCUT2D eigenvalue weighted by Gasteiger charge is -2.09. The van der Waals surface area contributed by atoms with Crippen LogP contribution in [-0.4, -0.2) is 20.0 Å². The largest absolute Gasteiger partial charge is 0.329 e. The zero-order valence-corrected chi connectivity index (χ0v) is 13.7. The molecule has 0 radical (unpaired) electrons. The van der Waals surface area contributed by atoms with Crippen LogP contribution in [0.25, 0.3) is 11.0 Å². The fourth-order valence-corrected chi connectivity index (χ4v) is 2.81. The molecule has 3 rings (SSSR count). The van der Waals surface area contributed by atoms with Crippen LogP contribution >= 0.6 is 0 Å². The number of nitrogens with zero attached hydrogens (tertiary/aromatic N) is 3. The number of nitrogens with one attached hydrogen (secondary N) is 1. The van der Waals surface area contributed by atoms with E-state index in [1.54, 1.807) is 38.2 Å². The third kappa shape index (κ3) is 2.89. The second kappa shape index (κ2) is 6.23. The van der Waals surface area contributed by atoms with Crippen molar-refractivity contribution >= 4 is 28.3 Å². The van der Waals surface area contributed by atoms with Crippen LogP contribution in [0.1, 0.15) is 5.56 Å². The highest BCUT2D eigenvalue weighted by atomic mass is 16.6. The maximum absolute atomic E-state index is 12.4. The molecule has 0 saturated heterocycles. The standard InChI is InChI=1S/C17H16N4O4/c1-11-12(6-5-9-13(11)21(24)25)18-16(22)10-20-15-8-4-3-7-14(15)19(2)17(20)23/h3-9H,10H2,1-2H3,(H,18,22). The Kier molecular flexibility index (Phi) is 4.10. The third-order valence-electron chi connectivity index (χ3n) is 4.13. The monoisotopic (exact) mass is 340 g/mol. The number of benzene rings is 2. The molecule has 0 aliphatic carbocycles. The molecular formula is C17H16N4O4. The number of amides is 1. The molecule has 0 fully saturated rings. The second-order valence-corrected chi connectivity index (χ2v) is 5.67. The molecule has 128 valence electrons. The Balaban J connectivity index is 1.90. The molecule has 0 atom stereocenters. The van der Waals surface area contributed by atoms with Crippen molar-refractivity contribution in [3.63, 3.8) is 0 Å². The van der Waals surface area contributed by atoms with Gasteiger partial charge in [0.15, 0.2) is 0 Å². The molecule has 25 heavy (non-hydrogen) atoms. The number of anilines is 1. The van der Waals surface area contributed by atoms with Crippen molar-refractivity contribution < 1.29 is 9.72 Å². The lowest BCUT2D eigenvalue weighted by molar-refractivity contribution is -0.385. The number of rotatable bonds is 4. The SMILES string of the molecule is Cc1c(NC(=O)Cn2c(=O)n(C)c3ccccc32)cccc1[N+](=O)[O-]. The van der Waals surface area contributed by atoms with Gasteiger partial charge >= 0.3 is 5.69 Å². The van der Waals surface area contributed by atoms with Crippen LogP contribution in [-0.2, 0) is 18.4 Å². The van der Waals surface area contributed by atoms with E-state index in [-0.39, 0.29) is 17.9 Å². The summed E-state index contributed by atoms with van der Waals surface area (Å²) < 4.78 is 2.85. The van der Waals surface area contributed by atoms with Crippen LogP contribution in [0.2, 0.25) is 0 Å². The fourth-order valence-electron chi connectivity index (χ4n) is 2.81. The average Bonchev–Trinajstić information content (AvgIpc) is 2.82. The number of fused-ring (bicyclic) bond motifs is 1. The number of hydrogen-bond acceptors (Lipinski definition) is 4. The van der Waals surface area contributed by atoms with Gasteiger partial charge in [0.05, 0.1) is 27.2 Å². The van der Waals surface area contributed by atoms with E-state index < -0.39 is 10.8 Å². The van der Waals surface area contributed by atoms with Crippen LogP contribution < -0.4 is 11.0 Å². The topological polar surface area (TPSA) is 99.2 Å². The van der Waals surface area contributed by atoms with Crippen molar-refractivity contribution in [1.82, 2.24) is 9.13 Å². The highest BCUT2D eigenvalue weighted by Crippen LogP contribution is 2.25. The molecule has 0 saturated carbocycles. The van der Waals surface area contributed by atoms with Gasteiger partial charge in [0, 0.05) is 13.1 Å². The molecule has 1 heterocycles. The zero-order chi connectivity index (χ0) is 18.1. The third-order valence-corrected chi connectivity index (χ3v) is 4.13. The predicted octanol–water partition coefficient (Wildman–Crippen LogP) is 2.20. The molecule has 1 aromatic heterocycles. The lowest BCUT2D eigenvalue weighted by atomic mass is 10.1. The van der Waals surface area contributed by atoms with Crippen LogP contribution in [0, 0.1) is 17.0 Å². The van der Waals surface area contributed by atoms with Gasteiger partial charge < -0.3 is 5.32 Å². The Morgan fingerprint density at radius 3 is 2.52 bits per heavy atom. The zero-order valence-electron chi connectivity index (χ0n) is 13.7. The van der Waals surface area contributed by atoms with Gasteiger partial charge in [-0.25, -0.2) is 4.79 Å². The summed E-state index contributed by atoms with van der Waals surface area (Å²) in [6.45, 7) is 1.39. The van der Waals surface area contributed by atoms with Gasteiger partial charge in [-0.2, -0.15) is 0 Å². The Labute approximate surface area is 142 Å². The molecular weight excluding hydrogens is 324 g/mol. The number of para-hydroxylation sites is 2. The number of hydrogen-bond donors (Lipinski definition) is 1. The average molecular weight is 340 g/mol. The van der Waals surface area contributed by atoms with Crippen molar-refractivity contribution in [3.05, 3.63) is 68.6 Å². The Morgan fingerprint density at radius 1 is 1.16 bits per heavy atom. The number of imidazole rings is 1. The van der Waals surface area contributed by atoms with Crippen LogP contribution in [0.15, 0.2) is 47.3 Å². The van der Waals surface area contributed by atoms with Crippen LogP contribution in [0.4, 0.5) is 11.4 Å².